The molecule has 2 aromatic rings. The first kappa shape index (κ1) is 14.5. The summed E-state index contributed by atoms with van der Waals surface area (Å²) in [6, 6.07) is 21.6. The third kappa shape index (κ3) is 2.97. The smallest absolute Gasteiger partial charge is 0.253 e. The van der Waals surface area contributed by atoms with Crippen LogP contribution >= 0.6 is 0 Å². The fourth-order valence-electron chi connectivity index (χ4n) is 3.40. The predicted molar refractivity (Wildman–Crippen MR) is 91.7 cm³/mol. The fourth-order valence-corrected chi connectivity index (χ4v) is 6.62. The summed E-state index contributed by atoms with van der Waals surface area (Å²) in [6.45, 7) is 4.69. The van der Waals surface area contributed by atoms with Crippen LogP contribution in [0.5, 0.6) is 0 Å². The van der Waals surface area contributed by atoms with E-state index in [2.05, 4.69) is 74.1 Å². The predicted octanol–water partition coefficient (Wildman–Crippen LogP) is 3.58. The first-order valence-corrected chi connectivity index (χ1v) is 10.4. The number of hydrogen-bond acceptors (Lipinski definition) is 1. The van der Waals surface area contributed by atoms with E-state index in [1.54, 1.807) is 0 Å². The van der Waals surface area contributed by atoms with Gasteiger partial charge >= 0.3 is 0 Å². The van der Waals surface area contributed by atoms with Gasteiger partial charge in [0.25, 0.3) is 8.32 Å². The van der Waals surface area contributed by atoms with Gasteiger partial charge in [0.05, 0.1) is 0 Å². The highest BCUT2D eigenvalue weighted by Crippen LogP contribution is 2.29. The molecule has 21 heavy (non-hydrogen) atoms. The maximum Gasteiger partial charge on any atom is 0.253 e. The summed E-state index contributed by atoms with van der Waals surface area (Å²) in [5, 5.41) is 2.74. The zero-order valence-electron chi connectivity index (χ0n) is 13.0. The maximum atomic E-state index is 6.82. The summed E-state index contributed by atoms with van der Waals surface area (Å²) in [6.07, 6.45) is 4.24. The highest BCUT2D eigenvalue weighted by atomic mass is 28.4. The Hall–Kier alpha value is -1.38. The van der Waals surface area contributed by atoms with E-state index in [-0.39, 0.29) is 0 Å². The average Bonchev–Trinajstić information content (AvgIpc) is 2.94. The second kappa shape index (κ2) is 6.16. The van der Waals surface area contributed by atoms with Crippen LogP contribution < -0.4 is 10.4 Å². The molecule has 1 saturated carbocycles. The van der Waals surface area contributed by atoms with Crippen LogP contribution in [0.15, 0.2) is 60.7 Å². The molecule has 0 unspecified atom stereocenters. The molecule has 2 aromatic carbocycles. The Balaban J connectivity index is 1.99. The number of hydrogen-bond donors (Lipinski definition) is 0. The van der Waals surface area contributed by atoms with Gasteiger partial charge in [-0.2, -0.15) is 0 Å². The van der Waals surface area contributed by atoms with Gasteiger partial charge < -0.3 is 4.43 Å². The van der Waals surface area contributed by atoms with Crippen molar-refractivity contribution in [3.05, 3.63) is 60.7 Å². The Kier molecular flexibility index (Phi) is 4.27. The van der Waals surface area contributed by atoms with Crippen LogP contribution in [0.25, 0.3) is 0 Å². The molecule has 0 aromatic heterocycles. The molecule has 2 atom stereocenters. The lowest BCUT2D eigenvalue weighted by Gasteiger charge is -2.33. The minimum atomic E-state index is -2.11. The molecule has 0 bridgehead atoms. The Bertz CT molecular complexity index is 527. The molecule has 0 amide bonds. The molecule has 1 aliphatic carbocycles. The van der Waals surface area contributed by atoms with E-state index in [1.807, 2.05) is 0 Å². The molecular weight excluding hydrogens is 272 g/mol. The van der Waals surface area contributed by atoms with Gasteiger partial charge in [0, 0.05) is 6.10 Å². The molecule has 2 heteroatoms. The van der Waals surface area contributed by atoms with Gasteiger partial charge in [-0.25, -0.2) is 0 Å². The molecule has 1 nitrogen and oxygen atoms in total. The van der Waals surface area contributed by atoms with Crippen molar-refractivity contribution >= 4 is 18.7 Å². The molecule has 110 valence electrons. The quantitative estimate of drug-likeness (QED) is 0.784. The lowest BCUT2D eigenvalue weighted by Crippen LogP contribution is -2.60. The van der Waals surface area contributed by atoms with Gasteiger partial charge in [0.15, 0.2) is 0 Å². The third-order valence-corrected chi connectivity index (χ3v) is 8.46. The number of benzene rings is 2. The molecule has 0 saturated heterocycles. The molecule has 0 N–H and O–H groups in total. The summed E-state index contributed by atoms with van der Waals surface area (Å²) in [7, 11) is -2.11. The van der Waals surface area contributed by atoms with Gasteiger partial charge in [0.2, 0.25) is 0 Å². The molecule has 1 fully saturated rings. The maximum absolute atomic E-state index is 6.82. The topological polar surface area (TPSA) is 9.23 Å². The Morgan fingerprint density at radius 1 is 0.857 bits per heavy atom. The van der Waals surface area contributed by atoms with Gasteiger partial charge in [-0.1, -0.05) is 74.0 Å². The molecular formula is C19H24OSi. The Morgan fingerprint density at radius 2 is 1.38 bits per heavy atom. The van der Waals surface area contributed by atoms with Crippen LogP contribution in [-0.2, 0) is 4.43 Å². The molecule has 3 rings (SSSR count). The summed E-state index contributed by atoms with van der Waals surface area (Å²) >= 11 is 0. The summed E-state index contributed by atoms with van der Waals surface area (Å²) in [5.74, 6) is 0.684. The first-order valence-electron chi connectivity index (χ1n) is 7.99. The summed E-state index contributed by atoms with van der Waals surface area (Å²) in [4.78, 5) is 0. The summed E-state index contributed by atoms with van der Waals surface area (Å²) in [5.41, 5.74) is 0. The van der Waals surface area contributed by atoms with E-state index in [1.165, 1.54) is 29.6 Å². The lowest BCUT2D eigenvalue weighted by atomic mass is 10.1. The second-order valence-electron chi connectivity index (χ2n) is 6.33. The van der Waals surface area contributed by atoms with Crippen molar-refractivity contribution in [2.75, 3.05) is 0 Å². The lowest BCUT2D eigenvalue weighted by molar-refractivity contribution is 0.165. The van der Waals surface area contributed by atoms with E-state index in [9.17, 15) is 0 Å². The zero-order chi connectivity index (χ0) is 14.7. The van der Waals surface area contributed by atoms with Gasteiger partial charge in [-0.3, -0.25) is 0 Å². The zero-order valence-corrected chi connectivity index (χ0v) is 14.0. The molecule has 0 heterocycles. The Labute approximate surface area is 129 Å². The highest BCUT2D eigenvalue weighted by Gasteiger charge is 2.39. The van der Waals surface area contributed by atoms with Gasteiger partial charge in [-0.05, 0) is 35.7 Å². The first-order chi connectivity index (χ1) is 10.2. The van der Waals surface area contributed by atoms with Crippen molar-refractivity contribution in [2.24, 2.45) is 5.92 Å². The van der Waals surface area contributed by atoms with E-state index in [4.69, 9.17) is 4.43 Å². The molecule has 0 spiro atoms. The fraction of sp³-hybridized carbons (Fsp3) is 0.368. The standard InChI is InChI=1S/C19H24OSi/c1-16-10-9-15-19(16)20-21(2,17-11-5-3-6-12-17)18-13-7-4-8-14-18/h3-8,11-14,16,19H,9-10,15H2,1-2H3/t16-,19+/m0/s1. The average molecular weight is 296 g/mol. The minimum absolute atomic E-state index is 0.419. The van der Waals surface area contributed by atoms with E-state index in [0.29, 0.717) is 12.0 Å². The van der Waals surface area contributed by atoms with E-state index in [0.717, 1.165) is 0 Å². The normalized spacial score (nSPS) is 22.4. The SMILES string of the molecule is C[C@H]1CCC[C@H]1O[Si](C)(c1ccccc1)c1ccccc1. The third-order valence-electron chi connectivity index (χ3n) is 4.82. The van der Waals surface area contributed by atoms with Crippen molar-refractivity contribution in [1.29, 1.82) is 0 Å². The van der Waals surface area contributed by atoms with Gasteiger partial charge in [-0.15, -0.1) is 0 Å². The highest BCUT2D eigenvalue weighted by molar-refractivity contribution is 6.96. The van der Waals surface area contributed by atoms with Crippen LogP contribution in [0.3, 0.4) is 0 Å². The van der Waals surface area contributed by atoms with Crippen molar-refractivity contribution in [3.63, 3.8) is 0 Å². The van der Waals surface area contributed by atoms with Crippen LogP contribution in [0.1, 0.15) is 26.2 Å². The van der Waals surface area contributed by atoms with E-state index < -0.39 is 8.32 Å². The van der Waals surface area contributed by atoms with Crippen LogP contribution in [0.2, 0.25) is 6.55 Å². The van der Waals surface area contributed by atoms with Crippen LogP contribution in [0, 0.1) is 5.92 Å². The number of rotatable bonds is 4. The van der Waals surface area contributed by atoms with E-state index >= 15 is 0 Å². The second-order valence-corrected chi connectivity index (χ2v) is 9.79. The van der Waals surface area contributed by atoms with Crippen molar-refractivity contribution < 1.29 is 4.43 Å². The summed E-state index contributed by atoms with van der Waals surface area (Å²) < 4.78 is 6.82. The minimum Gasteiger partial charge on any atom is -0.405 e. The van der Waals surface area contributed by atoms with Crippen LogP contribution in [-0.4, -0.2) is 14.4 Å². The monoisotopic (exact) mass is 296 g/mol. The van der Waals surface area contributed by atoms with Crippen molar-refractivity contribution in [2.45, 2.75) is 38.8 Å². The van der Waals surface area contributed by atoms with Crippen molar-refractivity contribution in [1.82, 2.24) is 0 Å². The molecule has 0 radical (unpaired) electrons. The van der Waals surface area contributed by atoms with Gasteiger partial charge in [0.1, 0.15) is 0 Å². The van der Waals surface area contributed by atoms with Crippen LogP contribution in [0.4, 0.5) is 0 Å². The van der Waals surface area contributed by atoms with Crippen molar-refractivity contribution in [3.8, 4) is 0 Å². The Morgan fingerprint density at radius 3 is 1.81 bits per heavy atom. The molecule has 0 aliphatic heterocycles. The largest absolute Gasteiger partial charge is 0.405 e. The molecule has 1 aliphatic rings.